The van der Waals surface area contributed by atoms with E-state index >= 15 is 0 Å². The van der Waals surface area contributed by atoms with E-state index in [1.165, 1.54) is 10.9 Å². The molecule has 0 bridgehead atoms. The van der Waals surface area contributed by atoms with E-state index in [1.54, 1.807) is 6.92 Å². The molecule has 0 heterocycles. The van der Waals surface area contributed by atoms with Gasteiger partial charge in [-0.1, -0.05) is 44.2 Å². The fourth-order valence-electron chi connectivity index (χ4n) is 1.84. The van der Waals surface area contributed by atoms with Crippen LogP contribution in [0.4, 0.5) is 0 Å². The minimum atomic E-state index is 0.120. The lowest BCUT2D eigenvalue weighted by molar-refractivity contribution is 0.101. The SMILES string of the molecule is CC(=O)c1ccc2cc(C(C)C)ccc2c1. The van der Waals surface area contributed by atoms with Gasteiger partial charge in [-0.2, -0.15) is 0 Å². The largest absolute Gasteiger partial charge is 0.295 e. The summed E-state index contributed by atoms with van der Waals surface area (Å²) >= 11 is 0. The van der Waals surface area contributed by atoms with Crippen LogP contribution >= 0.6 is 0 Å². The molecule has 0 radical (unpaired) electrons. The van der Waals surface area contributed by atoms with E-state index in [9.17, 15) is 4.79 Å². The molecular weight excluding hydrogens is 196 g/mol. The van der Waals surface area contributed by atoms with Gasteiger partial charge >= 0.3 is 0 Å². The van der Waals surface area contributed by atoms with Gasteiger partial charge in [-0.25, -0.2) is 0 Å². The predicted octanol–water partition coefficient (Wildman–Crippen LogP) is 4.17. The van der Waals surface area contributed by atoms with Gasteiger partial charge in [0.1, 0.15) is 0 Å². The van der Waals surface area contributed by atoms with Crippen molar-refractivity contribution in [1.29, 1.82) is 0 Å². The van der Waals surface area contributed by atoms with Crippen LogP contribution in [-0.4, -0.2) is 5.78 Å². The Kier molecular flexibility index (Phi) is 2.78. The molecule has 2 rings (SSSR count). The molecule has 0 aromatic heterocycles. The van der Waals surface area contributed by atoms with Gasteiger partial charge in [0, 0.05) is 5.56 Å². The maximum absolute atomic E-state index is 11.3. The molecule has 82 valence electrons. The van der Waals surface area contributed by atoms with Crippen molar-refractivity contribution >= 4 is 16.6 Å². The van der Waals surface area contributed by atoms with E-state index < -0.39 is 0 Å². The second-order valence-electron chi connectivity index (χ2n) is 4.53. The Morgan fingerprint density at radius 1 is 1.00 bits per heavy atom. The van der Waals surface area contributed by atoms with E-state index in [2.05, 4.69) is 32.0 Å². The molecule has 16 heavy (non-hydrogen) atoms. The fraction of sp³-hybridized carbons (Fsp3) is 0.267. The van der Waals surface area contributed by atoms with Gasteiger partial charge in [0.25, 0.3) is 0 Å². The Balaban J connectivity index is 2.57. The first-order valence-electron chi connectivity index (χ1n) is 5.62. The highest BCUT2D eigenvalue weighted by Gasteiger charge is 2.03. The smallest absolute Gasteiger partial charge is 0.159 e. The van der Waals surface area contributed by atoms with Crippen LogP contribution in [0, 0.1) is 0 Å². The van der Waals surface area contributed by atoms with Crippen LogP contribution in [0.25, 0.3) is 10.8 Å². The third-order valence-corrected chi connectivity index (χ3v) is 2.94. The highest BCUT2D eigenvalue weighted by atomic mass is 16.1. The molecule has 2 aromatic rings. The number of benzene rings is 2. The molecular formula is C15H16O. The van der Waals surface area contributed by atoms with E-state index in [0.29, 0.717) is 5.92 Å². The molecule has 0 atom stereocenters. The van der Waals surface area contributed by atoms with Gasteiger partial charge in [-0.05, 0) is 35.2 Å². The summed E-state index contributed by atoms with van der Waals surface area (Å²) in [5.41, 5.74) is 2.12. The number of rotatable bonds is 2. The minimum Gasteiger partial charge on any atom is -0.295 e. The van der Waals surface area contributed by atoms with Crippen LogP contribution in [-0.2, 0) is 0 Å². The molecule has 0 aliphatic heterocycles. The van der Waals surface area contributed by atoms with Crippen molar-refractivity contribution in [1.82, 2.24) is 0 Å². The van der Waals surface area contributed by atoms with E-state index in [1.807, 2.05) is 18.2 Å². The molecule has 1 heteroatoms. The zero-order chi connectivity index (χ0) is 11.7. The monoisotopic (exact) mass is 212 g/mol. The number of fused-ring (bicyclic) bond motifs is 1. The van der Waals surface area contributed by atoms with E-state index in [0.717, 1.165) is 10.9 Å². The van der Waals surface area contributed by atoms with Crippen molar-refractivity contribution in [2.24, 2.45) is 0 Å². The topological polar surface area (TPSA) is 17.1 Å². The molecule has 0 unspecified atom stereocenters. The van der Waals surface area contributed by atoms with Crippen molar-refractivity contribution in [3.63, 3.8) is 0 Å². The van der Waals surface area contributed by atoms with Gasteiger partial charge in [0.05, 0.1) is 0 Å². The first-order chi connectivity index (χ1) is 7.58. The molecule has 0 amide bonds. The molecule has 0 N–H and O–H groups in total. The summed E-state index contributed by atoms with van der Waals surface area (Å²) in [6.07, 6.45) is 0. The second kappa shape index (κ2) is 4.09. The number of Topliss-reactive ketones (excluding diaryl/α,β-unsaturated/α-hetero) is 1. The van der Waals surface area contributed by atoms with Crippen LogP contribution in [0.15, 0.2) is 36.4 Å². The summed E-state index contributed by atoms with van der Waals surface area (Å²) in [6, 6.07) is 12.3. The molecule has 0 saturated heterocycles. The number of carbonyl (C=O) groups excluding carboxylic acids is 1. The first-order valence-corrected chi connectivity index (χ1v) is 5.62. The van der Waals surface area contributed by atoms with Gasteiger partial charge in [-0.3, -0.25) is 4.79 Å². The molecule has 0 fully saturated rings. The Hall–Kier alpha value is -1.63. The predicted molar refractivity (Wildman–Crippen MR) is 68.0 cm³/mol. The lowest BCUT2D eigenvalue weighted by atomic mass is 9.98. The summed E-state index contributed by atoms with van der Waals surface area (Å²) in [5, 5.41) is 2.34. The average Bonchev–Trinajstić information content (AvgIpc) is 2.27. The van der Waals surface area contributed by atoms with Crippen LogP contribution in [0.2, 0.25) is 0 Å². The number of ketones is 1. The van der Waals surface area contributed by atoms with Gasteiger partial charge in [0.15, 0.2) is 5.78 Å². The highest BCUT2D eigenvalue weighted by Crippen LogP contribution is 2.22. The van der Waals surface area contributed by atoms with Crippen LogP contribution in [0.5, 0.6) is 0 Å². The maximum Gasteiger partial charge on any atom is 0.159 e. The Labute approximate surface area is 96.1 Å². The highest BCUT2D eigenvalue weighted by molar-refractivity contribution is 5.98. The lowest BCUT2D eigenvalue weighted by Gasteiger charge is -2.07. The molecule has 0 saturated carbocycles. The summed E-state index contributed by atoms with van der Waals surface area (Å²) in [7, 11) is 0. The molecule has 0 aliphatic carbocycles. The van der Waals surface area contributed by atoms with Crippen molar-refractivity contribution in [3.05, 3.63) is 47.5 Å². The summed E-state index contributed by atoms with van der Waals surface area (Å²) in [6.45, 7) is 5.97. The fourth-order valence-corrected chi connectivity index (χ4v) is 1.84. The van der Waals surface area contributed by atoms with Crippen molar-refractivity contribution in [2.75, 3.05) is 0 Å². The lowest BCUT2D eigenvalue weighted by Crippen LogP contribution is -1.92. The number of hydrogen-bond acceptors (Lipinski definition) is 1. The molecule has 0 spiro atoms. The Morgan fingerprint density at radius 3 is 2.25 bits per heavy atom. The summed E-state index contributed by atoms with van der Waals surface area (Å²) < 4.78 is 0. The minimum absolute atomic E-state index is 0.120. The zero-order valence-electron chi connectivity index (χ0n) is 9.95. The van der Waals surface area contributed by atoms with Crippen LogP contribution in [0.1, 0.15) is 42.6 Å². The number of carbonyl (C=O) groups is 1. The van der Waals surface area contributed by atoms with Gasteiger partial charge in [0.2, 0.25) is 0 Å². The zero-order valence-corrected chi connectivity index (χ0v) is 9.95. The van der Waals surface area contributed by atoms with Crippen molar-refractivity contribution in [2.45, 2.75) is 26.7 Å². The van der Waals surface area contributed by atoms with E-state index in [-0.39, 0.29) is 5.78 Å². The average molecular weight is 212 g/mol. The second-order valence-corrected chi connectivity index (χ2v) is 4.53. The standard InChI is InChI=1S/C15H16O/c1-10(2)12-4-6-15-9-13(11(3)16)5-7-14(15)8-12/h4-10H,1-3H3. The van der Waals surface area contributed by atoms with E-state index in [4.69, 9.17) is 0 Å². The van der Waals surface area contributed by atoms with Crippen molar-refractivity contribution in [3.8, 4) is 0 Å². The Bertz CT molecular complexity index is 538. The first kappa shape index (κ1) is 10.9. The third-order valence-electron chi connectivity index (χ3n) is 2.94. The molecule has 0 aliphatic rings. The maximum atomic E-state index is 11.3. The van der Waals surface area contributed by atoms with Crippen LogP contribution < -0.4 is 0 Å². The Morgan fingerprint density at radius 2 is 1.62 bits per heavy atom. The third kappa shape index (κ3) is 1.99. The quantitative estimate of drug-likeness (QED) is 0.683. The molecule has 1 nitrogen and oxygen atoms in total. The van der Waals surface area contributed by atoms with Crippen molar-refractivity contribution < 1.29 is 4.79 Å². The van der Waals surface area contributed by atoms with Gasteiger partial charge < -0.3 is 0 Å². The normalized spacial score (nSPS) is 11.0. The van der Waals surface area contributed by atoms with Gasteiger partial charge in [-0.15, -0.1) is 0 Å². The van der Waals surface area contributed by atoms with Crippen LogP contribution in [0.3, 0.4) is 0 Å². The summed E-state index contributed by atoms with van der Waals surface area (Å²) in [5.74, 6) is 0.659. The number of hydrogen-bond donors (Lipinski definition) is 0. The summed E-state index contributed by atoms with van der Waals surface area (Å²) in [4.78, 5) is 11.3. The molecule has 2 aromatic carbocycles.